The predicted molar refractivity (Wildman–Crippen MR) is 69.2 cm³/mol. The summed E-state index contributed by atoms with van der Waals surface area (Å²) in [6.45, 7) is 19.3. The molecule has 16 heavy (non-hydrogen) atoms. The van der Waals surface area contributed by atoms with Gasteiger partial charge in [-0.3, -0.25) is 4.84 Å². The lowest BCUT2D eigenvalue weighted by atomic mass is 9.64. The Hall–Kier alpha value is -0.0800. The normalized spacial score (nSPS) is 25.1. The van der Waals surface area contributed by atoms with Gasteiger partial charge in [0, 0.05) is 11.6 Å². The molecular weight excluding hydrogens is 198 g/mol. The van der Waals surface area contributed by atoms with E-state index in [0.717, 1.165) is 13.0 Å². The molecule has 1 unspecified atom stereocenters. The number of nitrogens with zero attached hydrogens (tertiary/aromatic N) is 1. The van der Waals surface area contributed by atoms with Crippen molar-refractivity contribution in [1.82, 2.24) is 5.06 Å². The zero-order valence-electron chi connectivity index (χ0n) is 12.3. The Balaban J connectivity index is 2.96. The molecule has 1 fully saturated rings. The summed E-state index contributed by atoms with van der Waals surface area (Å²) >= 11 is 0. The minimum Gasteiger partial charge on any atom is -0.298 e. The lowest BCUT2D eigenvalue weighted by molar-refractivity contribution is -0.213. The predicted octanol–water partition coefficient (Wildman–Crippen LogP) is 3.86. The molecule has 1 saturated heterocycles. The second kappa shape index (κ2) is 3.99. The standard InChI is InChI=1S/C14H29NO/c1-12(2,3)14(7,8)11-9-10-16-15(11)13(4,5)6/h11H,9-10H2,1-8H3. The van der Waals surface area contributed by atoms with E-state index in [1.807, 2.05) is 0 Å². The fourth-order valence-corrected chi connectivity index (χ4v) is 2.28. The summed E-state index contributed by atoms with van der Waals surface area (Å²) in [5, 5.41) is 2.22. The topological polar surface area (TPSA) is 12.5 Å². The molecule has 1 atom stereocenters. The number of hydroxylamine groups is 2. The van der Waals surface area contributed by atoms with Crippen LogP contribution in [0, 0.1) is 10.8 Å². The molecule has 0 N–H and O–H groups in total. The van der Waals surface area contributed by atoms with Gasteiger partial charge in [-0.25, -0.2) is 0 Å². The van der Waals surface area contributed by atoms with E-state index >= 15 is 0 Å². The van der Waals surface area contributed by atoms with Crippen molar-refractivity contribution >= 4 is 0 Å². The SMILES string of the molecule is CC(C)(C)N1OCCC1C(C)(C)C(C)(C)C. The second-order valence-electron chi connectivity index (χ2n) is 7.61. The van der Waals surface area contributed by atoms with Crippen LogP contribution in [0.3, 0.4) is 0 Å². The first-order valence-electron chi connectivity index (χ1n) is 6.40. The molecule has 0 radical (unpaired) electrons. The second-order valence-corrected chi connectivity index (χ2v) is 7.61. The van der Waals surface area contributed by atoms with Crippen LogP contribution in [0.25, 0.3) is 0 Å². The molecule has 0 aromatic rings. The molecule has 96 valence electrons. The molecule has 0 aromatic carbocycles. The Bertz CT molecular complexity index is 244. The first-order chi connectivity index (χ1) is 6.98. The van der Waals surface area contributed by atoms with Gasteiger partial charge in [0.15, 0.2) is 0 Å². The van der Waals surface area contributed by atoms with Crippen LogP contribution in [0.15, 0.2) is 0 Å². The minimum absolute atomic E-state index is 0.0870. The fourth-order valence-electron chi connectivity index (χ4n) is 2.28. The smallest absolute Gasteiger partial charge is 0.0701 e. The molecule has 0 aliphatic carbocycles. The van der Waals surface area contributed by atoms with E-state index in [0.29, 0.717) is 6.04 Å². The molecule has 0 bridgehead atoms. The molecule has 0 amide bonds. The van der Waals surface area contributed by atoms with Crippen molar-refractivity contribution in [2.45, 2.75) is 73.4 Å². The summed E-state index contributed by atoms with van der Waals surface area (Å²) in [6, 6.07) is 0.507. The third-order valence-electron chi connectivity index (χ3n) is 4.33. The first-order valence-corrected chi connectivity index (χ1v) is 6.40. The van der Waals surface area contributed by atoms with Crippen molar-refractivity contribution in [2.75, 3.05) is 6.61 Å². The molecular formula is C14H29NO. The third-order valence-corrected chi connectivity index (χ3v) is 4.33. The highest BCUT2D eigenvalue weighted by Crippen LogP contribution is 2.47. The van der Waals surface area contributed by atoms with E-state index in [1.54, 1.807) is 0 Å². The van der Waals surface area contributed by atoms with Crippen LogP contribution in [-0.4, -0.2) is 23.3 Å². The van der Waals surface area contributed by atoms with Crippen LogP contribution in [0.4, 0.5) is 0 Å². The van der Waals surface area contributed by atoms with Crippen molar-refractivity contribution in [1.29, 1.82) is 0 Å². The molecule has 2 heteroatoms. The summed E-state index contributed by atoms with van der Waals surface area (Å²) in [5.41, 5.74) is 0.620. The van der Waals surface area contributed by atoms with Crippen LogP contribution in [0.2, 0.25) is 0 Å². The van der Waals surface area contributed by atoms with Crippen molar-refractivity contribution in [3.05, 3.63) is 0 Å². The largest absolute Gasteiger partial charge is 0.298 e. The van der Waals surface area contributed by atoms with E-state index < -0.39 is 0 Å². The van der Waals surface area contributed by atoms with E-state index in [2.05, 4.69) is 60.5 Å². The van der Waals surface area contributed by atoms with Gasteiger partial charge in [0.05, 0.1) is 6.61 Å². The maximum atomic E-state index is 5.84. The molecule has 2 nitrogen and oxygen atoms in total. The van der Waals surface area contributed by atoms with Crippen LogP contribution in [0.1, 0.15) is 61.8 Å². The van der Waals surface area contributed by atoms with Crippen molar-refractivity contribution in [3.8, 4) is 0 Å². The summed E-state index contributed by atoms with van der Waals surface area (Å²) in [7, 11) is 0. The van der Waals surface area contributed by atoms with Gasteiger partial charge in [-0.1, -0.05) is 34.6 Å². The van der Waals surface area contributed by atoms with Gasteiger partial charge in [0.25, 0.3) is 0 Å². The van der Waals surface area contributed by atoms with Gasteiger partial charge in [-0.05, 0) is 38.0 Å². The summed E-state index contributed by atoms with van der Waals surface area (Å²) in [4.78, 5) is 5.84. The van der Waals surface area contributed by atoms with Crippen molar-refractivity contribution in [2.24, 2.45) is 10.8 Å². The Labute approximate surface area is 101 Å². The third kappa shape index (κ3) is 2.43. The average molecular weight is 227 g/mol. The molecule has 1 rings (SSSR count). The van der Waals surface area contributed by atoms with E-state index in [1.165, 1.54) is 0 Å². The van der Waals surface area contributed by atoms with Gasteiger partial charge in [-0.2, -0.15) is 5.06 Å². The monoisotopic (exact) mass is 227 g/mol. The molecule has 1 aliphatic rings. The molecule has 0 saturated carbocycles. The highest BCUT2D eigenvalue weighted by Gasteiger charge is 2.48. The van der Waals surface area contributed by atoms with Crippen LogP contribution in [0.5, 0.6) is 0 Å². The molecule has 0 spiro atoms. The lowest BCUT2D eigenvalue weighted by Gasteiger charge is -2.49. The van der Waals surface area contributed by atoms with Crippen LogP contribution >= 0.6 is 0 Å². The average Bonchev–Trinajstić information content (AvgIpc) is 2.47. The summed E-state index contributed by atoms with van der Waals surface area (Å²) in [6.07, 6.45) is 1.14. The lowest BCUT2D eigenvalue weighted by Crippen LogP contribution is -2.53. The zero-order valence-corrected chi connectivity index (χ0v) is 12.3. The number of hydrogen-bond acceptors (Lipinski definition) is 2. The van der Waals surface area contributed by atoms with Crippen molar-refractivity contribution in [3.63, 3.8) is 0 Å². The number of rotatable bonds is 1. The van der Waals surface area contributed by atoms with Gasteiger partial charge in [0.2, 0.25) is 0 Å². The maximum Gasteiger partial charge on any atom is 0.0701 e. The van der Waals surface area contributed by atoms with Gasteiger partial charge in [0.1, 0.15) is 0 Å². The van der Waals surface area contributed by atoms with Gasteiger partial charge < -0.3 is 0 Å². The first kappa shape index (κ1) is 14.0. The Morgan fingerprint density at radius 2 is 1.44 bits per heavy atom. The van der Waals surface area contributed by atoms with E-state index in [4.69, 9.17) is 4.84 Å². The van der Waals surface area contributed by atoms with Crippen molar-refractivity contribution < 1.29 is 4.84 Å². The minimum atomic E-state index is 0.0870. The molecule has 1 heterocycles. The van der Waals surface area contributed by atoms with Crippen LogP contribution < -0.4 is 0 Å². The van der Waals surface area contributed by atoms with E-state index in [9.17, 15) is 0 Å². The van der Waals surface area contributed by atoms with Gasteiger partial charge in [-0.15, -0.1) is 0 Å². The van der Waals surface area contributed by atoms with Crippen LogP contribution in [-0.2, 0) is 4.84 Å². The summed E-state index contributed by atoms with van der Waals surface area (Å²) < 4.78 is 0. The highest BCUT2D eigenvalue weighted by molar-refractivity contribution is 4.96. The Morgan fingerprint density at radius 1 is 0.938 bits per heavy atom. The molecule has 1 aliphatic heterocycles. The zero-order chi connectivity index (χ0) is 12.8. The number of hydrogen-bond donors (Lipinski definition) is 0. The molecule has 0 aromatic heterocycles. The Morgan fingerprint density at radius 3 is 1.81 bits per heavy atom. The summed E-state index contributed by atoms with van der Waals surface area (Å²) in [5.74, 6) is 0. The fraction of sp³-hybridized carbons (Fsp3) is 1.00. The van der Waals surface area contributed by atoms with Gasteiger partial charge >= 0.3 is 0 Å². The Kier molecular flexibility index (Phi) is 3.49. The maximum absolute atomic E-state index is 5.84. The van der Waals surface area contributed by atoms with E-state index in [-0.39, 0.29) is 16.4 Å². The highest BCUT2D eigenvalue weighted by atomic mass is 16.7. The quantitative estimate of drug-likeness (QED) is 0.674.